The minimum atomic E-state index is -2.11. The first kappa shape index (κ1) is 22.1. The van der Waals surface area contributed by atoms with Crippen molar-refractivity contribution < 1.29 is 29.3 Å². The van der Waals surface area contributed by atoms with Gasteiger partial charge in [0.25, 0.3) is 0 Å². The quantitative estimate of drug-likeness (QED) is 0.510. The van der Waals surface area contributed by atoms with E-state index in [1.165, 1.54) is 35.4 Å². The number of carbonyl (C=O) groups excluding carboxylic acids is 1. The third-order valence-electron chi connectivity index (χ3n) is 5.88. The maximum Gasteiger partial charge on any atom is 0.337 e. The van der Waals surface area contributed by atoms with Crippen molar-refractivity contribution in [3.8, 4) is 11.8 Å². The number of nitrogens with zero attached hydrogens (tertiary/aromatic N) is 2. The Hall–Kier alpha value is -4.09. The number of carbonyl (C=O) groups is 3. The van der Waals surface area contributed by atoms with Gasteiger partial charge in [-0.05, 0) is 35.9 Å². The van der Waals surface area contributed by atoms with Crippen LogP contribution in [0.4, 0.5) is 0 Å². The van der Waals surface area contributed by atoms with Crippen molar-refractivity contribution in [2.24, 2.45) is 5.41 Å². The van der Waals surface area contributed by atoms with Crippen LogP contribution < -0.4 is 4.74 Å². The molecule has 1 saturated heterocycles. The highest BCUT2D eigenvalue weighted by atomic mass is 35.5. The Bertz CT molecular complexity index is 1220. The predicted octanol–water partition coefficient (Wildman–Crippen LogP) is 3.21. The maximum atomic E-state index is 13.4. The fourth-order valence-electron chi connectivity index (χ4n) is 4.43. The Morgan fingerprint density at radius 3 is 2.30 bits per heavy atom. The van der Waals surface area contributed by atoms with Gasteiger partial charge >= 0.3 is 17.9 Å². The van der Waals surface area contributed by atoms with Gasteiger partial charge < -0.3 is 19.8 Å². The van der Waals surface area contributed by atoms with Crippen LogP contribution in [0, 0.1) is 16.7 Å². The van der Waals surface area contributed by atoms with Gasteiger partial charge in [-0.3, -0.25) is 4.79 Å². The molecule has 0 unspecified atom stereocenters. The van der Waals surface area contributed by atoms with Crippen LogP contribution in [0.15, 0.2) is 78.5 Å². The molecule has 0 radical (unpaired) electrons. The maximum absolute atomic E-state index is 13.4. The van der Waals surface area contributed by atoms with Crippen LogP contribution in [0.25, 0.3) is 0 Å². The second-order valence-electron chi connectivity index (χ2n) is 7.63. The minimum absolute atomic E-state index is 0.155. The minimum Gasteiger partial charge on any atom is -0.480 e. The number of halogens is 1. The van der Waals surface area contributed by atoms with Crippen LogP contribution in [0.3, 0.4) is 0 Å². The summed E-state index contributed by atoms with van der Waals surface area (Å²) < 4.78 is 5.53. The third-order valence-corrected chi connectivity index (χ3v) is 6.13. The average molecular weight is 465 g/mol. The third kappa shape index (κ3) is 3.62. The van der Waals surface area contributed by atoms with Gasteiger partial charge in [0.05, 0.1) is 17.7 Å². The second-order valence-corrected chi connectivity index (χ2v) is 8.07. The van der Waals surface area contributed by atoms with E-state index in [1.807, 2.05) is 6.07 Å². The summed E-state index contributed by atoms with van der Waals surface area (Å²) in [7, 11) is 0. The molecule has 33 heavy (non-hydrogen) atoms. The summed E-state index contributed by atoms with van der Waals surface area (Å²) in [5.41, 5.74) is -1.88. The fourth-order valence-corrected chi connectivity index (χ4v) is 4.56. The number of benzene rings is 2. The van der Waals surface area contributed by atoms with E-state index in [9.17, 15) is 29.9 Å². The lowest BCUT2D eigenvalue weighted by molar-refractivity contribution is -0.146. The number of rotatable bonds is 5. The summed E-state index contributed by atoms with van der Waals surface area (Å²) in [6.45, 7) is 0. The van der Waals surface area contributed by atoms with E-state index >= 15 is 0 Å². The smallest absolute Gasteiger partial charge is 0.337 e. The molecule has 0 aromatic heterocycles. The molecule has 1 fully saturated rings. The molecular formula is C24H17ClN2O6. The molecule has 0 saturated carbocycles. The van der Waals surface area contributed by atoms with Crippen molar-refractivity contribution in [3.63, 3.8) is 0 Å². The number of aliphatic carboxylic acids is 2. The van der Waals surface area contributed by atoms with Crippen molar-refractivity contribution in [2.75, 3.05) is 0 Å². The van der Waals surface area contributed by atoms with Gasteiger partial charge in [0.15, 0.2) is 5.41 Å². The SMILES string of the molecule is N#C[C@]1(C(=O)O)[C@H](c2ccc(Cl)cc2)[C@@H](C(=O)Oc2ccccc2)N2C=C(C(=O)O)C=C[C@@H]21. The Balaban J connectivity index is 1.91. The molecule has 2 aliphatic heterocycles. The van der Waals surface area contributed by atoms with E-state index in [0.717, 1.165) is 0 Å². The first-order valence-corrected chi connectivity index (χ1v) is 10.2. The van der Waals surface area contributed by atoms with Gasteiger partial charge in [-0.2, -0.15) is 5.26 Å². The fraction of sp³-hybridized carbons (Fsp3) is 0.167. The number of carboxylic acid groups (broad SMARTS) is 2. The monoisotopic (exact) mass is 464 g/mol. The zero-order valence-electron chi connectivity index (χ0n) is 17.0. The molecule has 2 aromatic carbocycles. The van der Waals surface area contributed by atoms with Crippen molar-refractivity contribution in [3.05, 3.63) is 89.1 Å². The zero-order valence-corrected chi connectivity index (χ0v) is 17.7. The molecule has 2 heterocycles. The van der Waals surface area contributed by atoms with Crippen LogP contribution in [-0.4, -0.2) is 45.1 Å². The normalized spacial score (nSPS) is 25.5. The number of esters is 1. The van der Waals surface area contributed by atoms with Gasteiger partial charge in [-0.15, -0.1) is 0 Å². The summed E-state index contributed by atoms with van der Waals surface area (Å²) in [5.74, 6) is -4.47. The summed E-state index contributed by atoms with van der Waals surface area (Å²) in [4.78, 5) is 38.9. The van der Waals surface area contributed by atoms with Crippen molar-refractivity contribution in [1.82, 2.24) is 4.90 Å². The number of hydrogen-bond acceptors (Lipinski definition) is 6. The lowest BCUT2D eigenvalue weighted by Gasteiger charge is -2.31. The van der Waals surface area contributed by atoms with E-state index in [0.29, 0.717) is 10.6 Å². The van der Waals surface area contributed by atoms with Crippen molar-refractivity contribution in [1.29, 1.82) is 5.26 Å². The van der Waals surface area contributed by atoms with Gasteiger partial charge in [-0.1, -0.05) is 48.0 Å². The Morgan fingerprint density at radius 2 is 1.73 bits per heavy atom. The number of hydrogen-bond donors (Lipinski definition) is 2. The molecule has 4 atom stereocenters. The molecule has 0 bridgehead atoms. The van der Waals surface area contributed by atoms with Gasteiger partial charge in [0.2, 0.25) is 0 Å². The molecule has 2 aromatic rings. The van der Waals surface area contributed by atoms with Crippen molar-refractivity contribution >= 4 is 29.5 Å². The molecule has 8 nitrogen and oxygen atoms in total. The van der Waals surface area contributed by atoms with Crippen LogP contribution in [0.2, 0.25) is 5.02 Å². The highest BCUT2D eigenvalue weighted by Gasteiger charge is 2.66. The van der Waals surface area contributed by atoms with Crippen LogP contribution in [0.1, 0.15) is 11.5 Å². The summed E-state index contributed by atoms with van der Waals surface area (Å²) in [5, 5.41) is 30.3. The summed E-state index contributed by atoms with van der Waals surface area (Å²) >= 11 is 6.00. The van der Waals surface area contributed by atoms with E-state index in [2.05, 4.69) is 0 Å². The van der Waals surface area contributed by atoms with Gasteiger partial charge in [-0.25, -0.2) is 9.59 Å². The van der Waals surface area contributed by atoms with E-state index in [-0.39, 0.29) is 11.3 Å². The first-order valence-electron chi connectivity index (χ1n) is 9.87. The molecular weight excluding hydrogens is 448 g/mol. The molecule has 0 aliphatic carbocycles. The molecule has 4 rings (SSSR count). The van der Waals surface area contributed by atoms with Crippen LogP contribution >= 0.6 is 11.6 Å². The number of ether oxygens (including phenoxy) is 1. The van der Waals surface area contributed by atoms with Gasteiger partial charge in [0, 0.05) is 17.1 Å². The van der Waals surface area contributed by atoms with Crippen LogP contribution in [0.5, 0.6) is 5.75 Å². The summed E-state index contributed by atoms with van der Waals surface area (Å²) in [6, 6.07) is 13.9. The second kappa shape index (κ2) is 8.45. The van der Waals surface area contributed by atoms with Gasteiger partial charge in [0.1, 0.15) is 11.8 Å². The van der Waals surface area contributed by atoms with E-state index < -0.39 is 41.3 Å². The van der Waals surface area contributed by atoms with Crippen molar-refractivity contribution in [2.45, 2.75) is 18.0 Å². The first-order chi connectivity index (χ1) is 15.8. The predicted molar refractivity (Wildman–Crippen MR) is 116 cm³/mol. The standard InChI is InChI=1S/C24H17ClN2O6/c25-16-9-6-14(7-10-16)19-20(22(30)33-17-4-2-1-3-5-17)27-12-15(21(28)29)8-11-18(27)24(19,13-26)23(31)32/h1-12,18-20H,(H,28,29)(H,31,32)/t18-,19-,20+,24-/m1/s1. The largest absolute Gasteiger partial charge is 0.480 e. The highest BCUT2D eigenvalue weighted by molar-refractivity contribution is 6.30. The number of para-hydroxylation sites is 1. The van der Waals surface area contributed by atoms with E-state index in [1.54, 1.807) is 42.5 Å². The lowest BCUT2D eigenvalue weighted by atomic mass is 9.69. The number of nitriles is 1. The van der Waals surface area contributed by atoms with Crippen LogP contribution in [-0.2, 0) is 14.4 Å². The molecule has 166 valence electrons. The molecule has 0 spiro atoms. The van der Waals surface area contributed by atoms with E-state index in [4.69, 9.17) is 16.3 Å². The molecule has 9 heteroatoms. The Kier molecular flexibility index (Phi) is 5.66. The lowest BCUT2D eigenvalue weighted by Crippen LogP contribution is -2.44. The summed E-state index contributed by atoms with van der Waals surface area (Å²) in [6.07, 6.45) is 3.76. The molecule has 2 aliphatic rings. The zero-order chi connectivity index (χ0) is 23.8. The number of fused-ring (bicyclic) bond motifs is 1. The molecule has 0 amide bonds. The topological polar surface area (TPSA) is 128 Å². The number of carboxylic acids is 2. The Morgan fingerprint density at radius 1 is 1.06 bits per heavy atom. The highest BCUT2D eigenvalue weighted by Crippen LogP contribution is 2.53. The Labute approximate surface area is 193 Å². The average Bonchev–Trinajstić information content (AvgIpc) is 3.11. The molecule has 2 N–H and O–H groups in total.